The normalized spacial score (nSPS) is 22.0. The van der Waals surface area contributed by atoms with E-state index < -0.39 is 0 Å². The summed E-state index contributed by atoms with van der Waals surface area (Å²) in [6.45, 7) is 14.5. The Kier molecular flexibility index (Phi) is 8.57. The topological polar surface area (TPSA) is 71.3 Å². The van der Waals surface area contributed by atoms with Gasteiger partial charge in [-0.15, -0.1) is 0 Å². The number of piperidine rings is 1. The standard InChI is InChI=1S/C24H40N4O4/c1-19-23(20(2)32-25-19)17-24(29)27-7-3-21(4-8-27)18-28(22-5-13-30-14-6-22)10-9-26-11-15-31-16-12-26/h21-22H,3-18H2,1-2H3. The van der Waals surface area contributed by atoms with E-state index in [1.165, 1.54) is 0 Å². The molecule has 0 aromatic carbocycles. The lowest BCUT2D eigenvalue weighted by atomic mass is 9.94. The first-order chi connectivity index (χ1) is 15.6. The van der Waals surface area contributed by atoms with Crippen molar-refractivity contribution >= 4 is 5.91 Å². The summed E-state index contributed by atoms with van der Waals surface area (Å²) in [6.07, 6.45) is 4.85. The van der Waals surface area contributed by atoms with Crippen molar-refractivity contribution < 1.29 is 18.8 Å². The molecule has 0 spiro atoms. The number of hydrogen-bond donors (Lipinski definition) is 0. The van der Waals surface area contributed by atoms with Crippen LogP contribution in [0.15, 0.2) is 4.52 Å². The molecule has 8 heteroatoms. The molecule has 0 aliphatic carbocycles. The van der Waals surface area contributed by atoms with E-state index in [1.54, 1.807) is 0 Å². The second-order valence-electron chi connectivity index (χ2n) is 9.60. The largest absolute Gasteiger partial charge is 0.381 e. The summed E-state index contributed by atoms with van der Waals surface area (Å²) in [6, 6.07) is 0.629. The van der Waals surface area contributed by atoms with E-state index in [4.69, 9.17) is 14.0 Å². The van der Waals surface area contributed by atoms with Gasteiger partial charge in [-0.05, 0) is 45.4 Å². The predicted octanol–water partition coefficient (Wildman–Crippen LogP) is 1.89. The highest BCUT2D eigenvalue weighted by molar-refractivity contribution is 5.79. The lowest BCUT2D eigenvalue weighted by Gasteiger charge is -2.40. The van der Waals surface area contributed by atoms with Crippen LogP contribution in [-0.2, 0) is 20.7 Å². The van der Waals surface area contributed by atoms with Crippen molar-refractivity contribution in [1.82, 2.24) is 19.9 Å². The van der Waals surface area contributed by atoms with Crippen LogP contribution < -0.4 is 0 Å². The Morgan fingerprint density at radius 3 is 2.34 bits per heavy atom. The molecule has 0 saturated carbocycles. The summed E-state index contributed by atoms with van der Waals surface area (Å²) >= 11 is 0. The Balaban J connectivity index is 1.26. The summed E-state index contributed by atoms with van der Waals surface area (Å²) in [4.78, 5) is 20.1. The lowest BCUT2D eigenvalue weighted by molar-refractivity contribution is -0.132. The number of likely N-dealkylation sites (tertiary alicyclic amines) is 1. The van der Waals surface area contributed by atoms with Crippen LogP contribution in [-0.4, -0.2) is 104 Å². The van der Waals surface area contributed by atoms with Crippen LogP contribution in [0.4, 0.5) is 0 Å². The van der Waals surface area contributed by atoms with Gasteiger partial charge < -0.3 is 18.9 Å². The van der Waals surface area contributed by atoms with Crippen LogP contribution >= 0.6 is 0 Å². The van der Waals surface area contributed by atoms with Gasteiger partial charge in [0.1, 0.15) is 5.76 Å². The average molecular weight is 449 g/mol. The van der Waals surface area contributed by atoms with E-state index in [9.17, 15) is 4.79 Å². The molecule has 0 radical (unpaired) electrons. The number of carbonyl (C=O) groups excluding carboxylic acids is 1. The molecule has 3 aliphatic rings. The SMILES string of the molecule is Cc1noc(C)c1CC(=O)N1CCC(CN(CCN2CCOCC2)C2CCOCC2)CC1. The van der Waals surface area contributed by atoms with E-state index in [0.717, 1.165) is 115 Å². The van der Waals surface area contributed by atoms with Crippen LogP contribution in [0.2, 0.25) is 0 Å². The first-order valence-corrected chi connectivity index (χ1v) is 12.4. The molecule has 1 amide bonds. The zero-order chi connectivity index (χ0) is 22.3. The van der Waals surface area contributed by atoms with Crippen molar-refractivity contribution in [3.8, 4) is 0 Å². The van der Waals surface area contributed by atoms with Crippen LogP contribution in [0.1, 0.15) is 42.7 Å². The maximum atomic E-state index is 12.8. The average Bonchev–Trinajstić information content (AvgIpc) is 3.15. The molecule has 3 saturated heterocycles. The minimum absolute atomic E-state index is 0.200. The molecule has 180 valence electrons. The number of morpholine rings is 1. The zero-order valence-electron chi connectivity index (χ0n) is 19.9. The van der Waals surface area contributed by atoms with Gasteiger partial charge in [0, 0.05) is 70.6 Å². The van der Waals surface area contributed by atoms with E-state index in [1.807, 2.05) is 18.7 Å². The molecule has 1 aromatic rings. The predicted molar refractivity (Wildman–Crippen MR) is 122 cm³/mol. The smallest absolute Gasteiger partial charge is 0.227 e. The number of amides is 1. The highest BCUT2D eigenvalue weighted by atomic mass is 16.5. The van der Waals surface area contributed by atoms with Crippen LogP contribution in [0, 0.1) is 19.8 Å². The van der Waals surface area contributed by atoms with Gasteiger partial charge in [0.05, 0.1) is 25.3 Å². The van der Waals surface area contributed by atoms with Gasteiger partial charge in [0.2, 0.25) is 5.91 Å². The van der Waals surface area contributed by atoms with Gasteiger partial charge in [-0.3, -0.25) is 14.6 Å². The molecule has 0 unspecified atom stereocenters. The first-order valence-electron chi connectivity index (χ1n) is 12.4. The van der Waals surface area contributed by atoms with E-state index in [0.29, 0.717) is 18.4 Å². The third-order valence-electron chi connectivity index (χ3n) is 7.48. The van der Waals surface area contributed by atoms with Gasteiger partial charge in [-0.25, -0.2) is 0 Å². The molecule has 1 aromatic heterocycles. The molecule has 4 heterocycles. The van der Waals surface area contributed by atoms with Gasteiger partial charge in [0.15, 0.2) is 0 Å². The fourth-order valence-electron chi connectivity index (χ4n) is 5.28. The maximum Gasteiger partial charge on any atom is 0.227 e. The second-order valence-corrected chi connectivity index (χ2v) is 9.60. The van der Waals surface area contributed by atoms with E-state index in [-0.39, 0.29) is 5.91 Å². The monoisotopic (exact) mass is 448 g/mol. The van der Waals surface area contributed by atoms with Gasteiger partial charge in [0.25, 0.3) is 0 Å². The van der Waals surface area contributed by atoms with Gasteiger partial charge in [-0.1, -0.05) is 5.16 Å². The molecule has 0 bridgehead atoms. The van der Waals surface area contributed by atoms with Crippen LogP contribution in [0.5, 0.6) is 0 Å². The fourth-order valence-corrected chi connectivity index (χ4v) is 5.28. The van der Waals surface area contributed by atoms with Crippen LogP contribution in [0.25, 0.3) is 0 Å². The molecule has 0 N–H and O–H groups in total. The van der Waals surface area contributed by atoms with Crippen molar-refractivity contribution in [2.24, 2.45) is 5.92 Å². The molecular weight excluding hydrogens is 408 g/mol. The number of aryl methyl sites for hydroxylation is 2. The van der Waals surface area contributed by atoms with Gasteiger partial charge >= 0.3 is 0 Å². The Morgan fingerprint density at radius 1 is 1.00 bits per heavy atom. The van der Waals surface area contributed by atoms with Crippen LogP contribution in [0.3, 0.4) is 0 Å². The minimum Gasteiger partial charge on any atom is -0.381 e. The molecule has 0 atom stereocenters. The minimum atomic E-state index is 0.200. The Labute approximate surface area is 192 Å². The number of rotatable bonds is 8. The third kappa shape index (κ3) is 6.31. The number of aromatic nitrogens is 1. The number of nitrogens with zero attached hydrogens (tertiary/aromatic N) is 4. The third-order valence-corrected chi connectivity index (χ3v) is 7.48. The van der Waals surface area contributed by atoms with Crippen molar-refractivity contribution in [3.63, 3.8) is 0 Å². The fraction of sp³-hybridized carbons (Fsp3) is 0.833. The summed E-state index contributed by atoms with van der Waals surface area (Å²) < 4.78 is 16.4. The lowest BCUT2D eigenvalue weighted by Crippen LogP contribution is -2.49. The molecule has 32 heavy (non-hydrogen) atoms. The van der Waals surface area contributed by atoms with Crippen molar-refractivity contribution in [1.29, 1.82) is 0 Å². The van der Waals surface area contributed by atoms with Crippen molar-refractivity contribution in [2.45, 2.75) is 52.0 Å². The maximum absolute atomic E-state index is 12.8. The summed E-state index contributed by atoms with van der Waals surface area (Å²) in [5.41, 5.74) is 1.78. The van der Waals surface area contributed by atoms with E-state index in [2.05, 4.69) is 15.0 Å². The molecule has 8 nitrogen and oxygen atoms in total. The zero-order valence-corrected chi connectivity index (χ0v) is 19.9. The van der Waals surface area contributed by atoms with E-state index >= 15 is 0 Å². The van der Waals surface area contributed by atoms with Gasteiger partial charge in [-0.2, -0.15) is 0 Å². The van der Waals surface area contributed by atoms with Crippen molar-refractivity contribution in [3.05, 3.63) is 17.0 Å². The quantitative estimate of drug-likeness (QED) is 0.601. The Hall–Kier alpha value is -1.48. The molecule has 3 fully saturated rings. The Morgan fingerprint density at radius 2 is 1.69 bits per heavy atom. The highest BCUT2D eigenvalue weighted by Crippen LogP contribution is 2.24. The molecule has 4 rings (SSSR count). The van der Waals surface area contributed by atoms with Crippen molar-refractivity contribution in [2.75, 3.05) is 72.2 Å². The first kappa shape index (κ1) is 23.7. The number of hydrogen-bond acceptors (Lipinski definition) is 7. The number of carbonyl (C=O) groups is 1. The highest BCUT2D eigenvalue weighted by Gasteiger charge is 2.29. The summed E-state index contributed by atoms with van der Waals surface area (Å²) in [5, 5.41) is 3.98. The number of ether oxygens (including phenoxy) is 2. The Bertz CT molecular complexity index is 700. The summed E-state index contributed by atoms with van der Waals surface area (Å²) in [7, 11) is 0. The summed E-state index contributed by atoms with van der Waals surface area (Å²) in [5.74, 6) is 1.62. The molecular formula is C24H40N4O4. The second kappa shape index (κ2) is 11.6. The molecule has 3 aliphatic heterocycles.